The Labute approximate surface area is 443 Å². The van der Waals surface area contributed by atoms with Gasteiger partial charge in [0.15, 0.2) is 0 Å². The highest BCUT2D eigenvalue weighted by Gasteiger charge is 2.18. The van der Waals surface area contributed by atoms with Gasteiger partial charge in [0.1, 0.15) is 0 Å². The Morgan fingerprint density at radius 1 is 0.380 bits per heavy atom. The van der Waals surface area contributed by atoms with E-state index in [0.717, 1.165) is 51.4 Å². The second-order valence-corrected chi connectivity index (χ2v) is 21.7. The highest BCUT2D eigenvalue weighted by molar-refractivity contribution is 5.76. The van der Waals surface area contributed by atoms with Crippen molar-refractivity contribution in [2.24, 2.45) is 0 Å². The van der Waals surface area contributed by atoms with Crippen molar-refractivity contribution in [1.29, 1.82) is 0 Å². The molecule has 0 aliphatic carbocycles. The van der Waals surface area contributed by atoms with Crippen LogP contribution in [0, 0.1) is 0 Å². The summed E-state index contributed by atoms with van der Waals surface area (Å²) >= 11 is 0. The number of aliphatic hydroxyl groups excluding tert-OH is 2. The average Bonchev–Trinajstić information content (AvgIpc) is 3.37. The van der Waals surface area contributed by atoms with Crippen LogP contribution in [0.25, 0.3) is 0 Å². The molecule has 0 aliphatic rings. The summed E-state index contributed by atoms with van der Waals surface area (Å²) in [6.07, 6.45) is 76.2. The van der Waals surface area contributed by atoms with Gasteiger partial charge in [-0.1, -0.05) is 288 Å². The number of carbonyl (C=O) groups excluding carboxylic acids is 2. The van der Waals surface area contributed by atoms with Crippen molar-refractivity contribution in [3.8, 4) is 0 Å². The molecule has 0 aromatic heterocycles. The van der Waals surface area contributed by atoms with Gasteiger partial charge in [0.05, 0.1) is 25.4 Å². The zero-order valence-corrected chi connectivity index (χ0v) is 47.7. The van der Waals surface area contributed by atoms with Crippen molar-refractivity contribution < 1.29 is 24.5 Å². The third-order valence-corrected chi connectivity index (χ3v) is 14.6. The Hall–Kier alpha value is -1.92. The standard InChI is InChI=1S/C65H123NO5/c1-3-5-7-9-11-13-15-16-17-18-19-22-25-28-31-34-38-41-45-49-53-57-63(68)62(61-67)66-64(69)58-54-50-46-42-39-35-32-29-26-23-20-21-24-27-30-33-36-40-44-48-52-56-60-71-65(70)59-55-51-47-43-37-14-12-10-8-6-4-2/h10,12,23,26,53,57,62-63,67-68H,3-9,11,13-22,24-25,27-52,54-56,58-61H2,1-2H3,(H,66,69)/b12-10-,26-23-,57-53+. The van der Waals surface area contributed by atoms with Crippen LogP contribution in [0.15, 0.2) is 36.5 Å². The van der Waals surface area contributed by atoms with Crippen LogP contribution >= 0.6 is 0 Å². The fourth-order valence-electron chi connectivity index (χ4n) is 9.73. The van der Waals surface area contributed by atoms with Crippen molar-refractivity contribution >= 4 is 11.9 Å². The number of nitrogens with one attached hydrogen (secondary N) is 1. The van der Waals surface area contributed by atoms with Gasteiger partial charge in [0.25, 0.3) is 0 Å². The number of aliphatic hydroxyl groups is 2. The Bertz CT molecular complexity index is 1150. The van der Waals surface area contributed by atoms with Crippen LogP contribution in [-0.4, -0.2) is 47.4 Å². The summed E-state index contributed by atoms with van der Waals surface area (Å²) in [6, 6.07) is -0.634. The van der Waals surface area contributed by atoms with Gasteiger partial charge in [-0.15, -0.1) is 0 Å². The van der Waals surface area contributed by atoms with Crippen LogP contribution < -0.4 is 5.32 Å². The van der Waals surface area contributed by atoms with E-state index in [-0.39, 0.29) is 18.5 Å². The molecule has 418 valence electrons. The minimum absolute atomic E-state index is 0.00164. The van der Waals surface area contributed by atoms with Crippen LogP contribution in [0.5, 0.6) is 0 Å². The first-order valence-electron chi connectivity index (χ1n) is 31.8. The van der Waals surface area contributed by atoms with Crippen molar-refractivity contribution in [3.63, 3.8) is 0 Å². The SMILES string of the molecule is CCCC/C=C\CCCCCCCC(=O)OCCCCCCCCCCCCC/C=C\CCCCCCCCCC(=O)NC(CO)C(O)/C=C/CCCCCCCCCCCCCCCCCCCCC. The lowest BCUT2D eigenvalue weighted by Gasteiger charge is -2.20. The molecule has 0 radical (unpaired) electrons. The summed E-state index contributed by atoms with van der Waals surface area (Å²) in [5.41, 5.74) is 0. The molecule has 0 fully saturated rings. The molecule has 0 spiro atoms. The molecule has 2 atom stereocenters. The number of unbranched alkanes of at least 4 members (excludes halogenated alkanes) is 44. The summed E-state index contributed by atoms with van der Waals surface area (Å²) < 4.78 is 5.46. The molecule has 71 heavy (non-hydrogen) atoms. The zero-order chi connectivity index (χ0) is 51.4. The van der Waals surface area contributed by atoms with Gasteiger partial charge in [-0.25, -0.2) is 0 Å². The van der Waals surface area contributed by atoms with E-state index < -0.39 is 12.1 Å². The van der Waals surface area contributed by atoms with Gasteiger partial charge in [-0.3, -0.25) is 9.59 Å². The van der Waals surface area contributed by atoms with E-state index in [1.807, 2.05) is 6.08 Å². The summed E-state index contributed by atoms with van der Waals surface area (Å²) in [6.45, 7) is 4.88. The lowest BCUT2D eigenvalue weighted by Crippen LogP contribution is -2.45. The van der Waals surface area contributed by atoms with Crippen LogP contribution in [0.3, 0.4) is 0 Å². The molecule has 6 nitrogen and oxygen atoms in total. The summed E-state index contributed by atoms with van der Waals surface area (Å²) in [4.78, 5) is 24.5. The van der Waals surface area contributed by atoms with Gasteiger partial charge >= 0.3 is 5.97 Å². The summed E-state index contributed by atoms with van der Waals surface area (Å²) in [5, 5.41) is 23.2. The molecule has 0 rings (SSSR count). The molecule has 1 amide bonds. The van der Waals surface area contributed by atoms with E-state index in [2.05, 4.69) is 43.5 Å². The van der Waals surface area contributed by atoms with Gasteiger partial charge in [-0.05, 0) is 77.0 Å². The number of amides is 1. The number of carbonyl (C=O) groups is 2. The summed E-state index contributed by atoms with van der Waals surface area (Å²) in [7, 11) is 0. The van der Waals surface area contributed by atoms with E-state index in [0.29, 0.717) is 19.4 Å². The van der Waals surface area contributed by atoms with Crippen molar-refractivity contribution in [2.75, 3.05) is 13.2 Å². The molecule has 0 saturated carbocycles. The van der Waals surface area contributed by atoms with E-state index in [9.17, 15) is 19.8 Å². The number of allylic oxidation sites excluding steroid dienone is 5. The zero-order valence-electron chi connectivity index (χ0n) is 47.7. The van der Waals surface area contributed by atoms with Crippen molar-refractivity contribution in [2.45, 2.75) is 353 Å². The maximum Gasteiger partial charge on any atom is 0.305 e. The maximum atomic E-state index is 12.5. The number of esters is 1. The topological polar surface area (TPSA) is 95.9 Å². The van der Waals surface area contributed by atoms with Crippen LogP contribution in [-0.2, 0) is 14.3 Å². The fourth-order valence-corrected chi connectivity index (χ4v) is 9.73. The van der Waals surface area contributed by atoms with Crippen LogP contribution in [0.2, 0.25) is 0 Å². The highest BCUT2D eigenvalue weighted by atomic mass is 16.5. The normalized spacial score (nSPS) is 12.8. The number of hydrogen-bond acceptors (Lipinski definition) is 5. The Morgan fingerprint density at radius 2 is 0.676 bits per heavy atom. The van der Waals surface area contributed by atoms with E-state index in [1.165, 1.54) is 263 Å². The highest BCUT2D eigenvalue weighted by Crippen LogP contribution is 2.17. The van der Waals surface area contributed by atoms with Crippen molar-refractivity contribution in [3.05, 3.63) is 36.5 Å². The molecule has 3 N–H and O–H groups in total. The molecule has 2 unspecified atom stereocenters. The molecule has 0 aliphatic heterocycles. The molecular formula is C65H123NO5. The second-order valence-electron chi connectivity index (χ2n) is 21.7. The predicted molar refractivity (Wildman–Crippen MR) is 310 cm³/mol. The molecule has 0 saturated heterocycles. The number of rotatable bonds is 59. The van der Waals surface area contributed by atoms with Gasteiger partial charge in [0, 0.05) is 12.8 Å². The van der Waals surface area contributed by atoms with Crippen LogP contribution in [0.1, 0.15) is 341 Å². The molecule has 0 aromatic rings. The van der Waals surface area contributed by atoms with E-state index in [1.54, 1.807) is 6.08 Å². The molecule has 0 heterocycles. The molecule has 6 heteroatoms. The minimum atomic E-state index is -0.850. The quantitative estimate of drug-likeness (QED) is 0.0321. The number of hydrogen-bond donors (Lipinski definition) is 3. The first-order valence-corrected chi connectivity index (χ1v) is 31.8. The third-order valence-electron chi connectivity index (χ3n) is 14.6. The van der Waals surface area contributed by atoms with E-state index >= 15 is 0 Å². The molecular weight excluding hydrogens is 875 g/mol. The average molecular weight is 999 g/mol. The van der Waals surface area contributed by atoms with E-state index in [4.69, 9.17) is 4.74 Å². The summed E-state index contributed by atoms with van der Waals surface area (Å²) in [5.74, 6) is -0.0741. The molecule has 0 aromatic carbocycles. The van der Waals surface area contributed by atoms with Gasteiger partial charge in [-0.2, -0.15) is 0 Å². The monoisotopic (exact) mass is 998 g/mol. The van der Waals surface area contributed by atoms with Gasteiger partial charge in [0.2, 0.25) is 5.91 Å². The Morgan fingerprint density at radius 3 is 1.04 bits per heavy atom. The first kappa shape index (κ1) is 69.1. The van der Waals surface area contributed by atoms with Gasteiger partial charge < -0.3 is 20.3 Å². The first-order chi connectivity index (χ1) is 35.0. The van der Waals surface area contributed by atoms with Crippen LogP contribution in [0.4, 0.5) is 0 Å². The maximum absolute atomic E-state index is 12.5. The second kappa shape index (κ2) is 60.6. The Balaban J connectivity index is 3.46. The predicted octanol–water partition coefficient (Wildman–Crippen LogP) is 20.0. The minimum Gasteiger partial charge on any atom is -0.466 e. The number of ether oxygens (including phenoxy) is 1. The largest absolute Gasteiger partial charge is 0.466 e. The lowest BCUT2D eigenvalue weighted by atomic mass is 10.0. The molecule has 0 bridgehead atoms. The Kier molecular flexibility index (Phi) is 59.0. The third kappa shape index (κ3) is 57.2. The van der Waals surface area contributed by atoms with Crippen molar-refractivity contribution in [1.82, 2.24) is 5.32 Å². The smallest absolute Gasteiger partial charge is 0.305 e. The fraction of sp³-hybridized carbons (Fsp3) is 0.877. The lowest BCUT2D eigenvalue weighted by molar-refractivity contribution is -0.143.